The van der Waals surface area contributed by atoms with Crippen LogP contribution in [0.5, 0.6) is 11.5 Å². The van der Waals surface area contributed by atoms with Crippen molar-refractivity contribution < 1.29 is 9.47 Å². The third-order valence-corrected chi connectivity index (χ3v) is 5.89. The molecular formula is C22H23N5O3S. The summed E-state index contributed by atoms with van der Waals surface area (Å²) >= 11 is 1.49. The van der Waals surface area contributed by atoms with Crippen molar-refractivity contribution in [3.8, 4) is 11.5 Å². The summed E-state index contributed by atoms with van der Waals surface area (Å²) < 4.78 is 12.7. The van der Waals surface area contributed by atoms with Crippen molar-refractivity contribution in [3.63, 3.8) is 0 Å². The van der Waals surface area contributed by atoms with Crippen LogP contribution in [0.1, 0.15) is 24.1 Å². The lowest BCUT2D eigenvalue weighted by atomic mass is 10.1. The van der Waals surface area contributed by atoms with Crippen molar-refractivity contribution in [2.24, 2.45) is 0 Å². The molecule has 1 N–H and O–H groups in total. The molecule has 31 heavy (non-hydrogen) atoms. The predicted octanol–water partition coefficient (Wildman–Crippen LogP) is 3.43. The summed E-state index contributed by atoms with van der Waals surface area (Å²) in [6.45, 7) is 2.83. The molecule has 0 saturated heterocycles. The molecule has 4 rings (SSSR count). The van der Waals surface area contributed by atoms with Crippen molar-refractivity contribution >= 4 is 22.7 Å². The van der Waals surface area contributed by atoms with E-state index in [1.807, 2.05) is 18.2 Å². The van der Waals surface area contributed by atoms with Crippen LogP contribution in [-0.2, 0) is 18.7 Å². The lowest BCUT2D eigenvalue weighted by molar-refractivity contribution is 0.355. The van der Waals surface area contributed by atoms with Gasteiger partial charge in [0.1, 0.15) is 11.6 Å². The molecule has 2 aromatic carbocycles. The van der Waals surface area contributed by atoms with Crippen LogP contribution in [0.15, 0.2) is 52.4 Å². The second-order valence-electron chi connectivity index (χ2n) is 6.83. The first-order valence-corrected chi connectivity index (χ1v) is 10.8. The van der Waals surface area contributed by atoms with Gasteiger partial charge in [0.2, 0.25) is 0 Å². The number of nitrogens with one attached hydrogen (secondary N) is 1. The number of aromatic nitrogens is 5. The van der Waals surface area contributed by atoms with Gasteiger partial charge in [0.25, 0.3) is 5.56 Å². The summed E-state index contributed by atoms with van der Waals surface area (Å²) in [6.07, 6.45) is 0.717. The fourth-order valence-electron chi connectivity index (χ4n) is 3.37. The molecule has 0 amide bonds. The maximum absolute atomic E-state index is 12.6. The van der Waals surface area contributed by atoms with E-state index in [1.54, 1.807) is 19.2 Å². The smallest absolute Gasteiger partial charge is 0.258 e. The quantitative estimate of drug-likeness (QED) is 0.422. The number of thioether (sulfide) groups is 1. The number of aromatic amines is 1. The van der Waals surface area contributed by atoms with E-state index in [0.29, 0.717) is 34.0 Å². The highest BCUT2D eigenvalue weighted by atomic mass is 32.2. The van der Waals surface area contributed by atoms with Gasteiger partial charge in [-0.3, -0.25) is 4.79 Å². The molecule has 8 nitrogen and oxygen atoms in total. The Bertz CT molecular complexity index is 1250. The largest absolute Gasteiger partial charge is 0.493 e. The van der Waals surface area contributed by atoms with Gasteiger partial charge in [0, 0.05) is 19.0 Å². The van der Waals surface area contributed by atoms with E-state index in [4.69, 9.17) is 9.47 Å². The van der Waals surface area contributed by atoms with Crippen LogP contribution in [0.3, 0.4) is 0 Å². The monoisotopic (exact) mass is 437 g/mol. The second-order valence-corrected chi connectivity index (χ2v) is 7.77. The van der Waals surface area contributed by atoms with E-state index >= 15 is 0 Å². The van der Waals surface area contributed by atoms with Crippen molar-refractivity contribution in [3.05, 3.63) is 70.0 Å². The molecule has 2 aromatic heterocycles. The van der Waals surface area contributed by atoms with E-state index in [1.165, 1.54) is 24.4 Å². The summed E-state index contributed by atoms with van der Waals surface area (Å²) in [4.78, 5) is 20.0. The van der Waals surface area contributed by atoms with Crippen molar-refractivity contribution in [1.29, 1.82) is 0 Å². The van der Waals surface area contributed by atoms with Crippen LogP contribution in [-0.4, -0.2) is 39.0 Å². The first-order valence-electron chi connectivity index (χ1n) is 9.86. The van der Waals surface area contributed by atoms with E-state index < -0.39 is 0 Å². The number of fused-ring (bicyclic) bond motifs is 1. The van der Waals surface area contributed by atoms with Crippen molar-refractivity contribution in [2.75, 3.05) is 14.2 Å². The van der Waals surface area contributed by atoms with Gasteiger partial charge >= 0.3 is 0 Å². The Morgan fingerprint density at radius 1 is 1.06 bits per heavy atom. The summed E-state index contributed by atoms with van der Waals surface area (Å²) in [5, 5.41) is 9.97. The molecule has 9 heteroatoms. The van der Waals surface area contributed by atoms with Crippen LogP contribution in [0.4, 0.5) is 0 Å². The van der Waals surface area contributed by atoms with Gasteiger partial charge in [0.05, 0.1) is 30.9 Å². The third kappa shape index (κ3) is 4.41. The third-order valence-electron chi connectivity index (χ3n) is 4.91. The lowest BCUT2D eigenvalue weighted by Crippen LogP contribution is -2.12. The van der Waals surface area contributed by atoms with Crippen LogP contribution in [0, 0.1) is 0 Å². The molecular weight excluding hydrogens is 414 g/mol. The lowest BCUT2D eigenvalue weighted by Gasteiger charge is -2.10. The topological polar surface area (TPSA) is 94.9 Å². The van der Waals surface area contributed by atoms with Gasteiger partial charge < -0.3 is 19.0 Å². The average molecular weight is 438 g/mol. The van der Waals surface area contributed by atoms with Gasteiger partial charge in [-0.2, -0.15) is 0 Å². The van der Waals surface area contributed by atoms with Crippen LogP contribution >= 0.6 is 11.8 Å². The van der Waals surface area contributed by atoms with E-state index in [9.17, 15) is 4.79 Å². The average Bonchev–Trinajstić information content (AvgIpc) is 3.18. The van der Waals surface area contributed by atoms with Crippen LogP contribution in [0.25, 0.3) is 10.9 Å². The molecule has 0 fully saturated rings. The standard InChI is InChI=1S/C22H23N5O3S/c1-4-27-20(10-14-8-6-5-7-9-14)25-26-22(27)31-13-19-23-16-12-18(30-3)17(29-2)11-15(16)21(28)24-19/h5-9,11-12H,4,10,13H2,1-3H3,(H,23,24,28). The Labute approximate surface area is 183 Å². The minimum absolute atomic E-state index is 0.219. The Kier molecular flexibility index (Phi) is 6.22. The molecule has 0 unspecified atom stereocenters. The Morgan fingerprint density at radius 2 is 1.81 bits per heavy atom. The first kappa shape index (κ1) is 20.9. The SMILES string of the molecule is CCn1c(Cc2ccccc2)nnc1SCc1nc2cc(OC)c(OC)cc2c(=O)[nH]1. The highest BCUT2D eigenvalue weighted by Crippen LogP contribution is 2.30. The normalized spacial score (nSPS) is 11.1. The molecule has 4 aromatic rings. The van der Waals surface area contributed by atoms with E-state index in [-0.39, 0.29) is 5.56 Å². The number of nitrogens with zero attached hydrogens (tertiary/aromatic N) is 4. The van der Waals surface area contributed by atoms with Crippen LogP contribution < -0.4 is 15.0 Å². The Morgan fingerprint density at radius 3 is 2.52 bits per heavy atom. The molecule has 0 saturated carbocycles. The number of H-pyrrole nitrogens is 1. The van der Waals surface area contributed by atoms with Crippen molar-refractivity contribution in [1.82, 2.24) is 24.7 Å². The summed E-state index contributed by atoms with van der Waals surface area (Å²) in [7, 11) is 3.09. The van der Waals surface area contributed by atoms with Gasteiger partial charge in [-0.1, -0.05) is 42.1 Å². The van der Waals surface area contributed by atoms with Gasteiger partial charge in [-0.25, -0.2) is 4.98 Å². The zero-order valence-electron chi connectivity index (χ0n) is 17.6. The molecule has 0 radical (unpaired) electrons. The number of rotatable bonds is 8. The van der Waals surface area contributed by atoms with Crippen LogP contribution in [0.2, 0.25) is 0 Å². The summed E-state index contributed by atoms with van der Waals surface area (Å²) in [5.74, 6) is 2.95. The zero-order valence-corrected chi connectivity index (χ0v) is 18.4. The van der Waals surface area contributed by atoms with Gasteiger partial charge in [0.15, 0.2) is 16.7 Å². The number of ether oxygens (including phenoxy) is 2. The molecule has 0 aliphatic carbocycles. The second kappa shape index (κ2) is 9.22. The zero-order chi connectivity index (χ0) is 21.8. The van der Waals surface area contributed by atoms with E-state index in [0.717, 1.165) is 23.9 Å². The number of hydrogen-bond acceptors (Lipinski definition) is 7. The molecule has 2 heterocycles. The van der Waals surface area contributed by atoms with E-state index in [2.05, 4.69) is 43.8 Å². The summed E-state index contributed by atoms with van der Waals surface area (Å²) in [5.41, 5.74) is 1.52. The molecule has 0 aliphatic heterocycles. The maximum Gasteiger partial charge on any atom is 0.258 e. The molecule has 0 bridgehead atoms. The Balaban J connectivity index is 1.57. The number of hydrogen-bond donors (Lipinski definition) is 1. The maximum atomic E-state index is 12.6. The fraction of sp³-hybridized carbons (Fsp3) is 0.273. The minimum Gasteiger partial charge on any atom is -0.493 e. The first-order chi connectivity index (χ1) is 15.1. The van der Waals surface area contributed by atoms with Gasteiger partial charge in [-0.15, -0.1) is 10.2 Å². The van der Waals surface area contributed by atoms with Gasteiger partial charge in [-0.05, 0) is 18.6 Å². The number of benzene rings is 2. The minimum atomic E-state index is -0.219. The highest BCUT2D eigenvalue weighted by Gasteiger charge is 2.14. The molecule has 0 aliphatic rings. The molecule has 0 spiro atoms. The molecule has 160 valence electrons. The fourth-order valence-corrected chi connectivity index (χ4v) is 4.26. The van der Waals surface area contributed by atoms with Crippen molar-refractivity contribution in [2.45, 2.75) is 30.8 Å². The summed E-state index contributed by atoms with van der Waals surface area (Å²) in [6, 6.07) is 13.5. The molecule has 0 atom stereocenters. The predicted molar refractivity (Wildman–Crippen MR) is 120 cm³/mol. The highest BCUT2D eigenvalue weighted by molar-refractivity contribution is 7.98. The Hall–Kier alpha value is -3.33. The number of methoxy groups -OCH3 is 2.